The number of alkyl halides is 3. The molecule has 2 atom stereocenters. The van der Waals surface area contributed by atoms with Gasteiger partial charge in [0, 0.05) is 13.6 Å². The number of urea groups is 1. The molecule has 0 saturated heterocycles. The molecule has 0 aliphatic heterocycles. The maximum atomic E-state index is 13.1. The molecule has 0 heterocycles. The molecule has 21 heavy (non-hydrogen) atoms. The Kier molecular flexibility index (Phi) is 5.86. The number of amides is 2. The summed E-state index contributed by atoms with van der Waals surface area (Å²) in [6.07, 6.45) is -2.14. The van der Waals surface area contributed by atoms with Crippen LogP contribution in [-0.2, 0) is 4.79 Å². The number of carbonyl (C=O) groups is 2. The molecule has 2 N–H and O–H groups in total. The molecule has 0 aromatic rings. The first-order chi connectivity index (χ1) is 9.62. The first-order valence-electron chi connectivity index (χ1n) is 6.94. The molecule has 1 saturated carbocycles. The maximum Gasteiger partial charge on any atom is 0.408 e. The van der Waals surface area contributed by atoms with E-state index >= 15 is 0 Å². The van der Waals surface area contributed by atoms with Crippen molar-refractivity contribution >= 4 is 12.0 Å². The topological polar surface area (TPSA) is 69.6 Å². The monoisotopic (exact) mass is 310 g/mol. The molecule has 0 aromatic heterocycles. The van der Waals surface area contributed by atoms with E-state index in [1.807, 2.05) is 5.32 Å². The zero-order chi connectivity index (χ0) is 16.2. The normalized spacial score (nSPS) is 19.1. The number of carbonyl (C=O) groups excluding carboxylic acids is 1. The Morgan fingerprint density at radius 2 is 1.86 bits per heavy atom. The first kappa shape index (κ1) is 17.6. The van der Waals surface area contributed by atoms with Crippen LogP contribution in [0.4, 0.5) is 18.0 Å². The minimum absolute atomic E-state index is 0.142. The van der Waals surface area contributed by atoms with Crippen LogP contribution in [-0.4, -0.2) is 47.8 Å². The van der Waals surface area contributed by atoms with Crippen LogP contribution in [0, 0.1) is 11.8 Å². The number of carboxylic acid groups (broad SMARTS) is 1. The van der Waals surface area contributed by atoms with Gasteiger partial charge in [-0.05, 0) is 18.8 Å². The lowest BCUT2D eigenvalue weighted by atomic mass is 9.98. The predicted molar refractivity (Wildman–Crippen MR) is 69.8 cm³/mol. The van der Waals surface area contributed by atoms with Gasteiger partial charge >= 0.3 is 18.2 Å². The molecule has 0 radical (unpaired) electrons. The summed E-state index contributed by atoms with van der Waals surface area (Å²) in [5, 5.41) is 10.8. The Hall–Kier alpha value is -1.47. The molecular formula is C13H21F3N2O3. The van der Waals surface area contributed by atoms with Gasteiger partial charge in [0.2, 0.25) is 0 Å². The van der Waals surface area contributed by atoms with Gasteiger partial charge in [0.25, 0.3) is 0 Å². The molecule has 2 unspecified atom stereocenters. The zero-order valence-electron chi connectivity index (χ0n) is 12.1. The van der Waals surface area contributed by atoms with E-state index in [0.29, 0.717) is 12.8 Å². The molecule has 5 nitrogen and oxygen atoms in total. The van der Waals surface area contributed by atoms with E-state index in [-0.39, 0.29) is 6.54 Å². The van der Waals surface area contributed by atoms with E-state index in [9.17, 15) is 22.8 Å². The number of hydrogen-bond acceptors (Lipinski definition) is 2. The van der Waals surface area contributed by atoms with Gasteiger partial charge in [0.1, 0.15) is 6.04 Å². The van der Waals surface area contributed by atoms with Crippen molar-refractivity contribution < 1.29 is 27.9 Å². The second-order valence-electron chi connectivity index (χ2n) is 5.63. The van der Waals surface area contributed by atoms with E-state index in [2.05, 4.69) is 0 Å². The van der Waals surface area contributed by atoms with Gasteiger partial charge in [-0.15, -0.1) is 0 Å². The predicted octanol–water partition coefficient (Wildman–Crippen LogP) is 2.47. The van der Waals surface area contributed by atoms with E-state index in [1.165, 1.54) is 14.0 Å². The van der Waals surface area contributed by atoms with E-state index in [1.54, 1.807) is 0 Å². The van der Waals surface area contributed by atoms with Crippen LogP contribution in [0.3, 0.4) is 0 Å². The van der Waals surface area contributed by atoms with Gasteiger partial charge in [0.15, 0.2) is 0 Å². The van der Waals surface area contributed by atoms with Gasteiger partial charge in [-0.1, -0.05) is 19.8 Å². The third-order valence-electron chi connectivity index (χ3n) is 3.82. The van der Waals surface area contributed by atoms with Crippen molar-refractivity contribution in [1.29, 1.82) is 0 Å². The van der Waals surface area contributed by atoms with Crippen molar-refractivity contribution in [3.8, 4) is 0 Å². The first-order valence-corrected chi connectivity index (χ1v) is 6.94. The molecule has 2 amide bonds. The van der Waals surface area contributed by atoms with Crippen LogP contribution >= 0.6 is 0 Å². The van der Waals surface area contributed by atoms with Crippen LogP contribution in [0.25, 0.3) is 0 Å². The third-order valence-corrected chi connectivity index (χ3v) is 3.82. The van der Waals surface area contributed by atoms with Gasteiger partial charge in [-0.2, -0.15) is 13.2 Å². The fourth-order valence-corrected chi connectivity index (χ4v) is 2.57. The lowest BCUT2D eigenvalue weighted by molar-refractivity contribution is -0.165. The minimum atomic E-state index is -4.50. The van der Waals surface area contributed by atoms with Crippen molar-refractivity contribution in [2.45, 2.75) is 44.8 Å². The molecule has 0 aromatic carbocycles. The van der Waals surface area contributed by atoms with Gasteiger partial charge in [-0.25, -0.2) is 4.79 Å². The molecule has 1 rings (SSSR count). The number of hydrogen-bond donors (Lipinski definition) is 2. The Balaban J connectivity index is 2.65. The molecule has 122 valence electrons. The van der Waals surface area contributed by atoms with Crippen molar-refractivity contribution in [2.24, 2.45) is 11.8 Å². The Bertz CT molecular complexity index is 381. The van der Waals surface area contributed by atoms with Crippen molar-refractivity contribution in [2.75, 3.05) is 13.6 Å². The van der Waals surface area contributed by atoms with Gasteiger partial charge in [0.05, 0.1) is 5.92 Å². The maximum absolute atomic E-state index is 13.1. The number of halogens is 3. The van der Waals surface area contributed by atoms with Crippen molar-refractivity contribution in [3.63, 3.8) is 0 Å². The lowest BCUT2D eigenvalue weighted by Gasteiger charge is -2.29. The molecule has 8 heteroatoms. The van der Waals surface area contributed by atoms with E-state index in [4.69, 9.17) is 5.11 Å². The van der Waals surface area contributed by atoms with E-state index < -0.39 is 36.1 Å². The summed E-state index contributed by atoms with van der Waals surface area (Å²) in [5.74, 6) is -2.53. The smallest absolute Gasteiger partial charge is 0.408 e. The van der Waals surface area contributed by atoms with Crippen LogP contribution in [0.5, 0.6) is 0 Å². The molecule has 0 bridgehead atoms. The number of rotatable bonds is 5. The molecule has 0 spiro atoms. The summed E-state index contributed by atoms with van der Waals surface area (Å²) in [5.41, 5.74) is 0. The highest BCUT2D eigenvalue weighted by molar-refractivity contribution is 5.76. The summed E-state index contributed by atoms with van der Waals surface area (Å²) in [6, 6.07) is -2.76. The SMILES string of the molecule is CC(CN(C)C(=O)NC(C1CCCC1)C(F)(F)F)C(=O)O. The van der Waals surface area contributed by atoms with Gasteiger partial charge in [-0.3, -0.25) is 4.79 Å². The second-order valence-corrected chi connectivity index (χ2v) is 5.63. The second kappa shape index (κ2) is 7.00. The van der Waals surface area contributed by atoms with Crippen LogP contribution in [0.2, 0.25) is 0 Å². The number of aliphatic carboxylic acids is 1. The Morgan fingerprint density at radius 1 is 1.33 bits per heavy atom. The highest BCUT2D eigenvalue weighted by Crippen LogP contribution is 2.35. The molecule has 1 fully saturated rings. The fraction of sp³-hybridized carbons (Fsp3) is 0.846. The number of nitrogens with zero attached hydrogens (tertiary/aromatic N) is 1. The van der Waals surface area contributed by atoms with Crippen LogP contribution < -0.4 is 5.32 Å². The summed E-state index contributed by atoms with van der Waals surface area (Å²) in [7, 11) is 1.29. The molecule has 1 aliphatic carbocycles. The Labute approximate surface area is 121 Å². The lowest BCUT2D eigenvalue weighted by Crippen LogP contribution is -2.53. The molecule has 1 aliphatic rings. The molecular weight excluding hydrogens is 289 g/mol. The standard InChI is InChI=1S/C13H21F3N2O3/c1-8(11(19)20)7-18(2)12(21)17-10(13(14,15)16)9-5-3-4-6-9/h8-10H,3-7H2,1-2H3,(H,17,21)(H,19,20). The summed E-state index contributed by atoms with van der Waals surface area (Å²) in [4.78, 5) is 23.5. The van der Waals surface area contributed by atoms with Crippen molar-refractivity contribution in [3.05, 3.63) is 0 Å². The van der Waals surface area contributed by atoms with Crippen LogP contribution in [0.15, 0.2) is 0 Å². The largest absolute Gasteiger partial charge is 0.481 e. The van der Waals surface area contributed by atoms with E-state index in [0.717, 1.165) is 17.7 Å². The highest BCUT2D eigenvalue weighted by atomic mass is 19.4. The minimum Gasteiger partial charge on any atom is -0.481 e. The average molecular weight is 310 g/mol. The van der Waals surface area contributed by atoms with Crippen LogP contribution in [0.1, 0.15) is 32.6 Å². The highest BCUT2D eigenvalue weighted by Gasteiger charge is 2.46. The number of carboxylic acids is 1. The third kappa shape index (κ3) is 5.09. The Morgan fingerprint density at radius 3 is 2.29 bits per heavy atom. The quantitative estimate of drug-likeness (QED) is 0.819. The van der Waals surface area contributed by atoms with Gasteiger partial charge < -0.3 is 15.3 Å². The zero-order valence-corrected chi connectivity index (χ0v) is 12.1. The summed E-state index contributed by atoms with van der Waals surface area (Å²) >= 11 is 0. The number of nitrogens with one attached hydrogen (secondary N) is 1. The summed E-state index contributed by atoms with van der Waals surface area (Å²) < 4.78 is 39.2. The fourth-order valence-electron chi connectivity index (χ4n) is 2.57. The average Bonchev–Trinajstić information content (AvgIpc) is 2.87. The summed E-state index contributed by atoms with van der Waals surface area (Å²) in [6.45, 7) is 1.25. The van der Waals surface area contributed by atoms with Crippen molar-refractivity contribution in [1.82, 2.24) is 10.2 Å².